The van der Waals surface area contributed by atoms with Gasteiger partial charge < -0.3 is 20.7 Å². The number of phenolic OH excluding ortho intramolecular Hbond substituents is 2. The number of ether oxygens (including phenoxy) is 1. The highest BCUT2D eigenvalue weighted by Crippen LogP contribution is 2.39. The van der Waals surface area contributed by atoms with Gasteiger partial charge in [-0.15, -0.1) is 0 Å². The predicted molar refractivity (Wildman–Crippen MR) is 95.8 cm³/mol. The first-order chi connectivity index (χ1) is 11.4. The van der Waals surface area contributed by atoms with Crippen molar-refractivity contribution < 1.29 is 19.7 Å². The van der Waals surface area contributed by atoms with Crippen molar-refractivity contribution in [2.75, 3.05) is 12.8 Å². The Hall–Kier alpha value is -2.73. The van der Waals surface area contributed by atoms with Gasteiger partial charge in [0.1, 0.15) is 0 Å². The number of aromatic hydroxyl groups is 2. The average Bonchev–Trinajstić information content (AvgIpc) is 2.55. The molecule has 0 saturated heterocycles. The van der Waals surface area contributed by atoms with Crippen LogP contribution in [0.2, 0.25) is 0 Å². The minimum absolute atomic E-state index is 0.00130. The summed E-state index contributed by atoms with van der Waals surface area (Å²) < 4.78 is 6.01. The highest BCUT2D eigenvalue weighted by molar-refractivity contribution is 9.10. The number of methoxy groups -OCH3 is 1. The van der Waals surface area contributed by atoms with Gasteiger partial charge in [-0.2, -0.15) is 0 Å². The van der Waals surface area contributed by atoms with Crippen LogP contribution >= 0.6 is 15.9 Å². The number of phenols is 2. The largest absolute Gasteiger partial charge is 0.504 e. The van der Waals surface area contributed by atoms with Crippen LogP contribution < -0.4 is 10.5 Å². The van der Waals surface area contributed by atoms with E-state index in [2.05, 4.69) is 15.9 Å². The van der Waals surface area contributed by atoms with Crippen molar-refractivity contribution in [3.63, 3.8) is 0 Å². The Morgan fingerprint density at radius 2 is 1.92 bits per heavy atom. The number of benzene rings is 3. The van der Waals surface area contributed by atoms with Gasteiger partial charge in [-0.25, -0.2) is 0 Å². The number of nitrogens with two attached hydrogens (primary N) is 1. The van der Waals surface area contributed by atoms with Gasteiger partial charge in [0.15, 0.2) is 17.2 Å². The molecule has 0 unspecified atom stereocenters. The lowest BCUT2D eigenvalue weighted by atomic mass is 9.95. The van der Waals surface area contributed by atoms with Gasteiger partial charge in [0, 0.05) is 4.47 Å². The Balaban J connectivity index is 2.32. The maximum atomic E-state index is 13.0. The van der Waals surface area contributed by atoms with Gasteiger partial charge in [0.05, 0.1) is 23.9 Å². The topological polar surface area (TPSA) is 92.8 Å². The molecule has 0 bridgehead atoms. The number of rotatable bonds is 3. The van der Waals surface area contributed by atoms with Gasteiger partial charge in [-0.1, -0.05) is 28.1 Å². The van der Waals surface area contributed by atoms with Crippen molar-refractivity contribution in [3.8, 4) is 17.2 Å². The lowest BCUT2D eigenvalue weighted by Crippen LogP contribution is -2.07. The third-order valence-electron chi connectivity index (χ3n) is 3.78. The molecule has 0 aliphatic rings. The van der Waals surface area contributed by atoms with Crippen LogP contribution in [0.1, 0.15) is 15.9 Å². The van der Waals surface area contributed by atoms with E-state index in [9.17, 15) is 15.0 Å². The molecule has 0 aromatic heterocycles. The molecule has 122 valence electrons. The summed E-state index contributed by atoms with van der Waals surface area (Å²) >= 11 is 3.35. The van der Waals surface area contributed by atoms with Crippen LogP contribution in [0.5, 0.6) is 17.2 Å². The number of carbonyl (C=O) groups excluding carboxylic acids is 1. The standard InChI is InChI=1S/C18H14BrNO4/c1-24-18-12(3-2-4-13(18)20)16(22)15-11-6-5-10(19)7-9(11)8-14(21)17(15)23/h2-8,21,23H,20H2,1H3. The lowest BCUT2D eigenvalue weighted by Gasteiger charge is -2.13. The second-order valence-electron chi connectivity index (χ2n) is 5.24. The minimum Gasteiger partial charge on any atom is -0.504 e. The molecule has 0 saturated carbocycles. The number of nitrogen functional groups attached to an aromatic ring is 1. The monoisotopic (exact) mass is 387 g/mol. The van der Waals surface area contributed by atoms with Crippen LogP contribution in [0.3, 0.4) is 0 Å². The molecule has 3 rings (SSSR count). The molecule has 5 nitrogen and oxygen atoms in total. The fraction of sp³-hybridized carbons (Fsp3) is 0.0556. The van der Waals surface area contributed by atoms with Crippen molar-refractivity contribution in [2.24, 2.45) is 0 Å². The van der Waals surface area contributed by atoms with Gasteiger partial charge in [-0.3, -0.25) is 4.79 Å². The molecule has 24 heavy (non-hydrogen) atoms. The van der Waals surface area contributed by atoms with Crippen molar-refractivity contribution >= 4 is 38.2 Å². The number of hydrogen-bond donors (Lipinski definition) is 3. The summed E-state index contributed by atoms with van der Waals surface area (Å²) in [4.78, 5) is 13.0. The summed E-state index contributed by atoms with van der Waals surface area (Å²) in [5.74, 6) is -1.10. The van der Waals surface area contributed by atoms with E-state index in [0.29, 0.717) is 16.5 Å². The number of carbonyl (C=O) groups is 1. The second kappa shape index (κ2) is 6.05. The van der Waals surface area contributed by atoms with Gasteiger partial charge >= 0.3 is 0 Å². The smallest absolute Gasteiger partial charge is 0.201 e. The number of anilines is 1. The molecular weight excluding hydrogens is 374 g/mol. The summed E-state index contributed by atoms with van der Waals surface area (Å²) in [6.07, 6.45) is 0. The average molecular weight is 388 g/mol. The van der Waals surface area contributed by atoms with E-state index in [4.69, 9.17) is 10.5 Å². The zero-order chi connectivity index (χ0) is 17.4. The fourth-order valence-electron chi connectivity index (χ4n) is 2.68. The minimum atomic E-state index is -0.486. The van der Waals surface area contributed by atoms with Gasteiger partial charge in [0.25, 0.3) is 0 Å². The SMILES string of the molecule is COc1c(N)cccc1C(=O)c1c(O)c(O)cc2cc(Br)ccc12. The third-order valence-corrected chi connectivity index (χ3v) is 4.27. The normalized spacial score (nSPS) is 10.8. The molecule has 3 aromatic carbocycles. The van der Waals surface area contributed by atoms with Gasteiger partial charge in [0.2, 0.25) is 5.78 Å². The van der Waals surface area contributed by atoms with E-state index in [1.54, 1.807) is 36.4 Å². The van der Waals surface area contributed by atoms with E-state index < -0.39 is 11.5 Å². The summed E-state index contributed by atoms with van der Waals surface area (Å²) in [6, 6.07) is 11.4. The first-order valence-corrected chi connectivity index (χ1v) is 7.84. The van der Waals surface area contributed by atoms with Crippen molar-refractivity contribution in [1.29, 1.82) is 0 Å². The molecule has 0 aliphatic carbocycles. The van der Waals surface area contributed by atoms with Crippen molar-refractivity contribution in [1.82, 2.24) is 0 Å². The highest BCUT2D eigenvalue weighted by atomic mass is 79.9. The zero-order valence-electron chi connectivity index (χ0n) is 12.7. The van der Waals surface area contributed by atoms with Crippen LogP contribution in [-0.4, -0.2) is 23.1 Å². The third kappa shape index (κ3) is 2.55. The summed E-state index contributed by atoms with van der Waals surface area (Å²) in [6.45, 7) is 0. The fourth-order valence-corrected chi connectivity index (χ4v) is 3.06. The first kappa shape index (κ1) is 16.1. The van der Waals surface area contributed by atoms with Crippen LogP contribution in [0.25, 0.3) is 10.8 Å². The van der Waals surface area contributed by atoms with E-state index >= 15 is 0 Å². The Bertz CT molecular complexity index is 969. The molecule has 0 amide bonds. The lowest BCUT2D eigenvalue weighted by molar-refractivity contribution is 0.103. The van der Waals surface area contributed by atoms with Crippen molar-refractivity contribution in [2.45, 2.75) is 0 Å². The Morgan fingerprint density at radius 1 is 1.17 bits per heavy atom. The molecule has 0 heterocycles. The molecule has 0 fully saturated rings. The summed E-state index contributed by atoms with van der Waals surface area (Å²) in [5.41, 5.74) is 6.38. The van der Waals surface area contributed by atoms with Gasteiger partial charge in [-0.05, 0) is 41.1 Å². The number of ketones is 1. The first-order valence-electron chi connectivity index (χ1n) is 7.05. The molecular formula is C18H14BrNO4. The molecule has 0 radical (unpaired) electrons. The zero-order valence-corrected chi connectivity index (χ0v) is 14.3. The second-order valence-corrected chi connectivity index (χ2v) is 6.16. The maximum Gasteiger partial charge on any atom is 0.201 e. The molecule has 6 heteroatoms. The predicted octanol–water partition coefficient (Wildman–Crippen LogP) is 3.84. The number of halogens is 1. The molecule has 4 N–H and O–H groups in total. The molecule has 3 aromatic rings. The number of para-hydroxylation sites is 1. The van der Waals surface area contributed by atoms with Crippen LogP contribution in [0.4, 0.5) is 5.69 Å². The van der Waals surface area contributed by atoms with E-state index in [1.807, 2.05) is 0 Å². The molecule has 0 aliphatic heterocycles. The molecule has 0 spiro atoms. The summed E-state index contributed by atoms with van der Waals surface area (Å²) in [5, 5.41) is 21.4. The number of hydrogen-bond acceptors (Lipinski definition) is 5. The van der Waals surface area contributed by atoms with E-state index in [1.165, 1.54) is 13.2 Å². The Kier molecular flexibility index (Phi) is 4.07. The highest BCUT2D eigenvalue weighted by Gasteiger charge is 2.23. The number of fused-ring (bicyclic) bond motifs is 1. The Labute approximate surface area is 146 Å². The van der Waals surface area contributed by atoms with Crippen LogP contribution in [-0.2, 0) is 0 Å². The van der Waals surface area contributed by atoms with E-state index in [0.717, 1.165) is 4.47 Å². The molecule has 0 atom stereocenters. The quantitative estimate of drug-likeness (QED) is 0.360. The van der Waals surface area contributed by atoms with Crippen molar-refractivity contribution in [3.05, 3.63) is 58.1 Å². The Morgan fingerprint density at radius 3 is 2.62 bits per heavy atom. The van der Waals surface area contributed by atoms with E-state index in [-0.39, 0.29) is 22.6 Å². The maximum absolute atomic E-state index is 13.0. The van der Waals surface area contributed by atoms with Crippen LogP contribution in [0.15, 0.2) is 46.9 Å². The van der Waals surface area contributed by atoms with Crippen LogP contribution in [0, 0.1) is 0 Å². The summed E-state index contributed by atoms with van der Waals surface area (Å²) in [7, 11) is 1.42.